The van der Waals surface area contributed by atoms with E-state index in [9.17, 15) is 8.42 Å². The van der Waals surface area contributed by atoms with Gasteiger partial charge in [0.15, 0.2) is 0 Å². The number of ether oxygens (including phenoxy) is 1. The summed E-state index contributed by atoms with van der Waals surface area (Å²) in [5.74, 6) is 0.0450. The Bertz CT molecular complexity index is 395. The van der Waals surface area contributed by atoms with E-state index in [0.717, 1.165) is 6.54 Å². The summed E-state index contributed by atoms with van der Waals surface area (Å²) < 4.78 is 30.9. The highest BCUT2D eigenvalue weighted by Crippen LogP contribution is 2.08. The molecule has 1 rings (SSSR count). The van der Waals surface area contributed by atoms with Crippen LogP contribution in [-0.2, 0) is 14.8 Å². The third-order valence-corrected chi connectivity index (χ3v) is 4.89. The Morgan fingerprint density at radius 1 is 1.26 bits per heavy atom. The van der Waals surface area contributed by atoms with E-state index in [4.69, 9.17) is 10.00 Å². The summed E-state index contributed by atoms with van der Waals surface area (Å²) in [6, 6.07) is 2.10. The third-order valence-electron chi connectivity index (χ3n) is 3.06. The molecule has 1 aliphatic rings. The van der Waals surface area contributed by atoms with Crippen LogP contribution in [0, 0.1) is 11.3 Å². The normalized spacial score (nSPS) is 18.6. The second-order valence-electron chi connectivity index (χ2n) is 4.88. The van der Waals surface area contributed by atoms with Crippen LogP contribution in [0.3, 0.4) is 0 Å². The fraction of sp³-hybridized carbons (Fsp3) is 0.917. The quantitative estimate of drug-likeness (QED) is 0.673. The Morgan fingerprint density at radius 2 is 1.89 bits per heavy atom. The first-order valence-corrected chi connectivity index (χ1v) is 8.25. The molecule has 0 N–H and O–H groups in total. The van der Waals surface area contributed by atoms with E-state index in [1.165, 1.54) is 4.31 Å². The maximum atomic E-state index is 12.1. The van der Waals surface area contributed by atoms with Crippen molar-refractivity contribution in [3.63, 3.8) is 0 Å². The minimum Gasteiger partial charge on any atom is -0.378 e. The molecular formula is C12H23N3O3S. The van der Waals surface area contributed by atoms with E-state index < -0.39 is 10.0 Å². The molecule has 0 atom stereocenters. The predicted molar refractivity (Wildman–Crippen MR) is 73.1 cm³/mol. The average Bonchev–Trinajstić information content (AvgIpc) is 2.36. The van der Waals surface area contributed by atoms with Crippen LogP contribution in [0.25, 0.3) is 0 Å². The van der Waals surface area contributed by atoms with Gasteiger partial charge in [0.25, 0.3) is 0 Å². The monoisotopic (exact) mass is 289 g/mol. The molecule has 0 aromatic rings. The van der Waals surface area contributed by atoms with Gasteiger partial charge in [-0.3, -0.25) is 4.90 Å². The van der Waals surface area contributed by atoms with E-state index in [-0.39, 0.29) is 18.5 Å². The smallest absolute Gasteiger partial charge is 0.216 e. The molecule has 6 nitrogen and oxygen atoms in total. The van der Waals surface area contributed by atoms with Crippen molar-refractivity contribution < 1.29 is 13.2 Å². The van der Waals surface area contributed by atoms with E-state index in [0.29, 0.717) is 32.6 Å². The lowest BCUT2D eigenvalue weighted by Crippen LogP contribution is -2.49. The van der Waals surface area contributed by atoms with Crippen molar-refractivity contribution >= 4 is 10.0 Å². The fourth-order valence-corrected chi connectivity index (χ4v) is 3.24. The Kier molecular flexibility index (Phi) is 6.72. The first-order valence-electron chi connectivity index (χ1n) is 6.64. The van der Waals surface area contributed by atoms with Gasteiger partial charge in [-0.05, 0) is 13.8 Å². The summed E-state index contributed by atoms with van der Waals surface area (Å²) in [6.07, 6.45) is 0.549. The summed E-state index contributed by atoms with van der Waals surface area (Å²) in [6.45, 7) is 7.17. The molecule has 0 bridgehead atoms. The Labute approximate surface area is 116 Å². The summed E-state index contributed by atoms with van der Waals surface area (Å²) in [5.41, 5.74) is 0. The number of sulfonamides is 1. The van der Waals surface area contributed by atoms with Crippen molar-refractivity contribution in [2.75, 3.05) is 45.1 Å². The van der Waals surface area contributed by atoms with Gasteiger partial charge in [-0.25, -0.2) is 8.42 Å². The summed E-state index contributed by atoms with van der Waals surface area (Å²) in [7, 11) is -3.21. The van der Waals surface area contributed by atoms with Crippen LogP contribution < -0.4 is 0 Å². The van der Waals surface area contributed by atoms with E-state index in [2.05, 4.69) is 11.0 Å². The zero-order valence-electron chi connectivity index (χ0n) is 11.7. The third kappa shape index (κ3) is 5.87. The lowest BCUT2D eigenvalue weighted by molar-refractivity contribution is 0.0902. The zero-order valence-corrected chi connectivity index (χ0v) is 12.5. The first-order chi connectivity index (χ1) is 8.95. The van der Waals surface area contributed by atoms with Gasteiger partial charge in [-0.1, -0.05) is 0 Å². The SMILES string of the molecule is CC(C)OCCS(=O)(=O)N1CCN(CCC#N)CC1. The molecule has 0 aromatic carbocycles. The molecule has 0 aromatic heterocycles. The van der Waals surface area contributed by atoms with E-state index in [1.54, 1.807) is 0 Å². The summed E-state index contributed by atoms with van der Waals surface area (Å²) in [4.78, 5) is 2.12. The highest BCUT2D eigenvalue weighted by Gasteiger charge is 2.26. The summed E-state index contributed by atoms with van der Waals surface area (Å²) >= 11 is 0. The average molecular weight is 289 g/mol. The Balaban J connectivity index is 2.35. The molecule has 1 heterocycles. The van der Waals surface area contributed by atoms with Crippen LogP contribution in [0.4, 0.5) is 0 Å². The standard InChI is InChI=1S/C12H23N3O3S/c1-12(2)18-10-11-19(16,17)15-8-6-14(7-9-15)5-3-4-13/h12H,3,5-11H2,1-2H3. The highest BCUT2D eigenvalue weighted by molar-refractivity contribution is 7.89. The number of nitrogens with zero attached hydrogens (tertiary/aromatic N) is 3. The Hall–Kier alpha value is -0.680. The molecule has 19 heavy (non-hydrogen) atoms. The van der Waals surface area contributed by atoms with Crippen molar-refractivity contribution in [2.24, 2.45) is 0 Å². The molecule has 7 heteroatoms. The molecule has 0 spiro atoms. The first kappa shape index (κ1) is 16.4. The number of hydrogen-bond donors (Lipinski definition) is 0. The van der Waals surface area contributed by atoms with Gasteiger partial charge in [-0.15, -0.1) is 0 Å². The zero-order chi connectivity index (χ0) is 14.3. The van der Waals surface area contributed by atoms with Gasteiger partial charge in [0.1, 0.15) is 0 Å². The molecule has 0 saturated carbocycles. The number of piperazine rings is 1. The van der Waals surface area contributed by atoms with Crippen molar-refractivity contribution in [2.45, 2.75) is 26.4 Å². The molecule has 1 fully saturated rings. The molecule has 1 saturated heterocycles. The van der Waals surface area contributed by atoms with Crippen LogP contribution in [0.5, 0.6) is 0 Å². The van der Waals surface area contributed by atoms with Crippen LogP contribution >= 0.6 is 0 Å². The van der Waals surface area contributed by atoms with Gasteiger partial charge in [0.2, 0.25) is 10.0 Å². The second kappa shape index (κ2) is 7.80. The van der Waals surface area contributed by atoms with Crippen LogP contribution in [0.15, 0.2) is 0 Å². The van der Waals surface area contributed by atoms with Gasteiger partial charge < -0.3 is 4.74 Å². The number of hydrogen-bond acceptors (Lipinski definition) is 5. The van der Waals surface area contributed by atoms with Gasteiger partial charge in [0.05, 0.1) is 24.5 Å². The molecule has 0 radical (unpaired) electrons. The van der Waals surface area contributed by atoms with Gasteiger partial charge >= 0.3 is 0 Å². The van der Waals surface area contributed by atoms with Crippen LogP contribution in [-0.4, -0.2) is 68.8 Å². The molecule has 0 amide bonds. The largest absolute Gasteiger partial charge is 0.378 e. The van der Waals surface area contributed by atoms with Gasteiger partial charge in [-0.2, -0.15) is 9.57 Å². The molecule has 110 valence electrons. The molecule has 0 unspecified atom stereocenters. The van der Waals surface area contributed by atoms with Crippen molar-refractivity contribution in [1.29, 1.82) is 5.26 Å². The molecule has 0 aliphatic carbocycles. The minimum atomic E-state index is -3.21. The lowest BCUT2D eigenvalue weighted by Gasteiger charge is -2.33. The topological polar surface area (TPSA) is 73.6 Å². The molecule has 1 aliphatic heterocycles. The lowest BCUT2D eigenvalue weighted by atomic mass is 10.3. The molecular weight excluding hydrogens is 266 g/mol. The van der Waals surface area contributed by atoms with E-state index in [1.807, 2.05) is 13.8 Å². The van der Waals surface area contributed by atoms with Gasteiger partial charge in [0, 0.05) is 39.1 Å². The summed E-state index contributed by atoms with van der Waals surface area (Å²) in [5, 5.41) is 8.52. The maximum absolute atomic E-state index is 12.1. The fourth-order valence-electron chi connectivity index (χ4n) is 1.96. The van der Waals surface area contributed by atoms with Crippen molar-refractivity contribution in [3.05, 3.63) is 0 Å². The number of rotatable bonds is 7. The Morgan fingerprint density at radius 3 is 2.42 bits per heavy atom. The van der Waals surface area contributed by atoms with Crippen LogP contribution in [0.2, 0.25) is 0 Å². The number of nitriles is 1. The maximum Gasteiger partial charge on any atom is 0.216 e. The highest BCUT2D eigenvalue weighted by atomic mass is 32.2. The predicted octanol–water partition coefficient (Wildman–Crippen LogP) is 0.272. The van der Waals surface area contributed by atoms with Crippen LogP contribution in [0.1, 0.15) is 20.3 Å². The minimum absolute atomic E-state index is 0.0450. The van der Waals surface area contributed by atoms with Crippen molar-refractivity contribution in [3.8, 4) is 6.07 Å². The van der Waals surface area contributed by atoms with E-state index >= 15 is 0 Å². The second-order valence-corrected chi connectivity index (χ2v) is 6.97. The van der Waals surface area contributed by atoms with Crippen molar-refractivity contribution in [1.82, 2.24) is 9.21 Å².